The Bertz CT molecular complexity index is 1080. The number of ketones is 1. The Morgan fingerprint density at radius 2 is 1.69 bits per heavy atom. The number of ether oxygens (including phenoxy) is 2. The molecule has 3 aromatic carbocycles. The van der Waals surface area contributed by atoms with Crippen molar-refractivity contribution in [3.63, 3.8) is 0 Å². The predicted octanol–water partition coefficient (Wildman–Crippen LogP) is 4.26. The largest absolute Gasteiger partial charge is 0.481 e. The maximum absolute atomic E-state index is 12.0. The zero-order valence-corrected chi connectivity index (χ0v) is 16.4. The van der Waals surface area contributed by atoms with Crippen molar-refractivity contribution >= 4 is 45.7 Å². The first-order chi connectivity index (χ1) is 13.9. The molecule has 3 aromatic rings. The molecule has 1 amide bonds. The lowest BCUT2D eigenvalue weighted by Gasteiger charge is -2.10. The van der Waals surface area contributed by atoms with Crippen LogP contribution in [0.3, 0.4) is 0 Å². The lowest BCUT2D eigenvalue weighted by molar-refractivity contribution is -0.149. The standard InChI is InChI=1S/C22H18ClNO5/c1-14(25)15-5-4-6-16(11-15)24-21(26)12-29-22(27)13-28-20-10-9-19(23)17-7-2-3-8-18(17)20/h2-11H,12-13H2,1H3,(H,24,26). The number of carbonyl (C=O) groups is 3. The Morgan fingerprint density at radius 3 is 2.45 bits per heavy atom. The molecule has 0 bridgehead atoms. The molecule has 0 atom stereocenters. The van der Waals surface area contributed by atoms with Gasteiger partial charge in [0.2, 0.25) is 0 Å². The van der Waals surface area contributed by atoms with Crippen LogP contribution in [-0.4, -0.2) is 30.9 Å². The van der Waals surface area contributed by atoms with Crippen molar-refractivity contribution in [2.45, 2.75) is 6.92 Å². The topological polar surface area (TPSA) is 81.7 Å². The number of Topliss-reactive ketones (excluding diaryl/α,β-unsaturated/α-hetero) is 1. The van der Waals surface area contributed by atoms with Gasteiger partial charge in [-0.15, -0.1) is 0 Å². The molecular weight excluding hydrogens is 394 g/mol. The van der Waals surface area contributed by atoms with E-state index < -0.39 is 18.5 Å². The fourth-order valence-electron chi connectivity index (χ4n) is 2.70. The number of hydrogen-bond acceptors (Lipinski definition) is 5. The highest BCUT2D eigenvalue weighted by Crippen LogP contribution is 2.31. The van der Waals surface area contributed by atoms with Crippen LogP contribution in [-0.2, 0) is 14.3 Å². The normalized spacial score (nSPS) is 10.4. The molecule has 0 aliphatic rings. The molecular formula is C22H18ClNO5. The highest BCUT2D eigenvalue weighted by Gasteiger charge is 2.11. The van der Waals surface area contributed by atoms with Crippen LogP contribution in [0.15, 0.2) is 60.7 Å². The minimum atomic E-state index is -0.684. The quantitative estimate of drug-likeness (QED) is 0.464. The molecule has 0 radical (unpaired) electrons. The summed E-state index contributed by atoms with van der Waals surface area (Å²) in [6.07, 6.45) is 0. The summed E-state index contributed by atoms with van der Waals surface area (Å²) in [5.41, 5.74) is 0.922. The number of anilines is 1. The molecule has 0 fully saturated rings. The number of halogens is 1. The van der Waals surface area contributed by atoms with Crippen molar-refractivity contribution in [2.24, 2.45) is 0 Å². The summed E-state index contributed by atoms with van der Waals surface area (Å²) in [5.74, 6) is -0.820. The van der Waals surface area contributed by atoms with E-state index in [1.165, 1.54) is 6.92 Å². The Labute approximate surface area is 172 Å². The first kappa shape index (κ1) is 20.4. The van der Waals surface area contributed by atoms with Gasteiger partial charge in [-0.1, -0.05) is 48.0 Å². The van der Waals surface area contributed by atoms with Gasteiger partial charge in [0, 0.05) is 27.0 Å². The van der Waals surface area contributed by atoms with Crippen molar-refractivity contribution in [1.82, 2.24) is 0 Å². The summed E-state index contributed by atoms with van der Waals surface area (Å²) in [5, 5.41) is 4.74. The molecule has 0 saturated heterocycles. The fourth-order valence-corrected chi connectivity index (χ4v) is 2.93. The highest BCUT2D eigenvalue weighted by atomic mass is 35.5. The van der Waals surface area contributed by atoms with Gasteiger partial charge in [-0.05, 0) is 31.2 Å². The van der Waals surface area contributed by atoms with Gasteiger partial charge in [-0.2, -0.15) is 0 Å². The van der Waals surface area contributed by atoms with Crippen LogP contribution in [0.4, 0.5) is 5.69 Å². The maximum Gasteiger partial charge on any atom is 0.344 e. The number of esters is 1. The SMILES string of the molecule is CC(=O)c1cccc(NC(=O)COC(=O)COc2ccc(Cl)c3ccccc23)c1. The van der Waals surface area contributed by atoms with Crippen LogP contribution in [0, 0.1) is 0 Å². The Balaban J connectivity index is 1.52. The van der Waals surface area contributed by atoms with Crippen LogP contribution in [0.25, 0.3) is 10.8 Å². The van der Waals surface area contributed by atoms with Gasteiger partial charge >= 0.3 is 5.97 Å². The van der Waals surface area contributed by atoms with E-state index >= 15 is 0 Å². The fraction of sp³-hybridized carbons (Fsp3) is 0.136. The van der Waals surface area contributed by atoms with Gasteiger partial charge in [0.05, 0.1) is 0 Å². The maximum atomic E-state index is 12.0. The van der Waals surface area contributed by atoms with E-state index in [0.29, 0.717) is 22.0 Å². The molecule has 6 nitrogen and oxygen atoms in total. The van der Waals surface area contributed by atoms with E-state index in [1.807, 2.05) is 24.3 Å². The Hall–Kier alpha value is -3.38. The molecule has 0 unspecified atom stereocenters. The van der Waals surface area contributed by atoms with Crippen LogP contribution in [0.1, 0.15) is 17.3 Å². The number of amides is 1. The molecule has 0 heterocycles. The summed E-state index contributed by atoms with van der Waals surface area (Å²) < 4.78 is 10.5. The van der Waals surface area contributed by atoms with E-state index in [-0.39, 0.29) is 12.4 Å². The smallest absolute Gasteiger partial charge is 0.344 e. The average Bonchev–Trinajstić information content (AvgIpc) is 2.72. The minimum absolute atomic E-state index is 0.112. The van der Waals surface area contributed by atoms with E-state index in [4.69, 9.17) is 21.1 Å². The van der Waals surface area contributed by atoms with Gasteiger partial charge in [-0.3, -0.25) is 9.59 Å². The third-order valence-electron chi connectivity index (χ3n) is 4.09. The zero-order chi connectivity index (χ0) is 20.8. The van der Waals surface area contributed by atoms with E-state index in [0.717, 1.165) is 10.8 Å². The number of benzene rings is 3. The van der Waals surface area contributed by atoms with Gasteiger partial charge in [0.25, 0.3) is 5.91 Å². The monoisotopic (exact) mass is 411 g/mol. The summed E-state index contributed by atoms with van der Waals surface area (Å²) in [4.78, 5) is 35.3. The summed E-state index contributed by atoms with van der Waals surface area (Å²) in [6, 6.07) is 17.3. The molecule has 148 valence electrons. The zero-order valence-electron chi connectivity index (χ0n) is 15.6. The van der Waals surface area contributed by atoms with Crippen LogP contribution in [0.2, 0.25) is 5.02 Å². The third kappa shape index (κ3) is 5.33. The van der Waals surface area contributed by atoms with Crippen molar-refractivity contribution in [3.05, 3.63) is 71.2 Å². The van der Waals surface area contributed by atoms with Crippen molar-refractivity contribution in [2.75, 3.05) is 18.5 Å². The van der Waals surface area contributed by atoms with E-state index in [2.05, 4.69) is 5.32 Å². The Kier molecular flexibility index (Phi) is 6.46. The highest BCUT2D eigenvalue weighted by molar-refractivity contribution is 6.35. The number of nitrogens with one attached hydrogen (secondary N) is 1. The van der Waals surface area contributed by atoms with Gasteiger partial charge < -0.3 is 14.8 Å². The number of fused-ring (bicyclic) bond motifs is 1. The second-order valence-corrected chi connectivity index (χ2v) is 6.63. The van der Waals surface area contributed by atoms with Crippen molar-refractivity contribution in [3.8, 4) is 5.75 Å². The first-order valence-corrected chi connectivity index (χ1v) is 9.18. The molecule has 0 aromatic heterocycles. The lowest BCUT2D eigenvalue weighted by atomic mass is 10.1. The number of carbonyl (C=O) groups excluding carboxylic acids is 3. The average molecular weight is 412 g/mol. The first-order valence-electron chi connectivity index (χ1n) is 8.80. The summed E-state index contributed by atoms with van der Waals surface area (Å²) >= 11 is 6.16. The second-order valence-electron chi connectivity index (χ2n) is 6.23. The molecule has 1 N–H and O–H groups in total. The van der Waals surface area contributed by atoms with Crippen molar-refractivity contribution in [1.29, 1.82) is 0 Å². The molecule has 0 aliphatic heterocycles. The lowest BCUT2D eigenvalue weighted by Crippen LogP contribution is -2.23. The van der Waals surface area contributed by atoms with Crippen molar-refractivity contribution < 1.29 is 23.9 Å². The molecule has 7 heteroatoms. The van der Waals surface area contributed by atoms with E-state index in [1.54, 1.807) is 36.4 Å². The summed E-state index contributed by atoms with van der Waals surface area (Å²) in [7, 11) is 0. The molecule has 0 saturated carbocycles. The predicted molar refractivity (Wildman–Crippen MR) is 110 cm³/mol. The van der Waals surface area contributed by atoms with Gasteiger partial charge in [-0.25, -0.2) is 4.79 Å². The summed E-state index contributed by atoms with van der Waals surface area (Å²) in [6.45, 7) is 0.624. The number of rotatable bonds is 7. The van der Waals surface area contributed by atoms with Gasteiger partial charge in [0.1, 0.15) is 5.75 Å². The molecule has 0 spiro atoms. The van der Waals surface area contributed by atoms with Gasteiger partial charge in [0.15, 0.2) is 19.0 Å². The molecule has 0 aliphatic carbocycles. The molecule has 29 heavy (non-hydrogen) atoms. The van der Waals surface area contributed by atoms with Crippen LogP contribution < -0.4 is 10.1 Å². The Morgan fingerprint density at radius 1 is 0.931 bits per heavy atom. The third-order valence-corrected chi connectivity index (χ3v) is 4.42. The van der Waals surface area contributed by atoms with E-state index in [9.17, 15) is 14.4 Å². The second kappa shape index (κ2) is 9.21. The van der Waals surface area contributed by atoms with Crippen LogP contribution in [0.5, 0.6) is 5.75 Å². The minimum Gasteiger partial charge on any atom is -0.481 e. The van der Waals surface area contributed by atoms with Crippen LogP contribution >= 0.6 is 11.6 Å². The number of hydrogen-bond donors (Lipinski definition) is 1. The molecule has 3 rings (SSSR count).